The Morgan fingerprint density at radius 2 is 1.68 bits per heavy atom. The molecule has 40 heavy (non-hydrogen) atoms. The van der Waals surface area contributed by atoms with Crippen LogP contribution in [0.2, 0.25) is 0 Å². The van der Waals surface area contributed by atoms with Gasteiger partial charge >= 0.3 is 0 Å². The van der Waals surface area contributed by atoms with Gasteiger partial charge in [0.1, 0.15) is 11.3 Å². The van der Waals surface area contributed by atoms with Crippen molar-refractivity contribution in [2.24, 2.45) is 0 Å². The topological polar surface area (TPSA) is 93.4 Å². The summed E-state index contributed by atoms with van der Waals surface area (Å²) in [6.07, 6.45) is 2.41. The summed E-state index contributed by atoms with van der Waals surface area (Å²) in [7, 11) is 0. The van der Waals surface area contributed by atoms with Crippen LogP contribution in [0.25, 0.3) is 11.4 Å². The fourth-order valence-corrected chi connectivity index (χ4v) is 5.26. The van der Waals surface area contributed by atoms with E-state index in [1.54, 1.807) is 12.1 Å². The van der Waals surface area contributed by atoms with Crippen LogP contribution in [0.1, 0.15) is 48.0 Å². The first-order valence-electron chi connectivity index (χ1n) is 13.5. The molecule has 1 aliphatic rings. The first-order valence-corrected chi connectivity index (χ1v) is 13.5. The number of aryl methyl sites for hydroxylation is 2. The number of hydrogen-bond donors (Lipinski definition) is 1. The van der Waals surface area contributed by atoms with Crippen LogP contribution >= 0.6 is 0 Å². The lowest BCUT2D eigenvalue weighted by molar-refractivity contribution is -0.139. The second-order valence-electron chi connectivity index (χ2n) is 9.73. The summed E-state index contributed by atoms with van der Waals surface area (Å²) in [5.74, 6) is -0.614. The second-order valence-corrected chi connectivity index (χ2v) is 9.73. The number of pyridine rings is 1. The average molecular weight is 540 g/mol. The van der Waals surface area contributed by atoms with Crippen LogP contribution < -0.4 is 9.47 Å². The molecule has 206 valence electrons. The molecule has 8 nitrogen and oxygen atoms in total. The third-order valence-electron chi connectivity index (χ3n) is 7.22. The highest BCUT2D eigenvalue weighted by Crippen LogP contribution is 2.42. The summed E-state index contributed by atoms with van der Waals surface area (Å²) in [4.78, 5) is 33.3. The molecular weight excluding hydrogens is 506 g/mol. The van der Waals surface area contributed by atoms with Crippen molar-refractivity contribution in [3.8, 4) is 11.5 Å². The van der Waals surface area contributed by atoms with E-state index in [-0.39, 0.29) is 23.6 Å². The number of nitrogens with zero attached hydrogens (tertiary/aromatic N) is 3. The highest BCUT2D eigenvalue weighted by Gasteiger charge is 2.46. The van der Waals surface area contributed by atoms with E-state index in [2.05, 4.69) is 4.98 Å². The second kappa shape index (κ2) is 11.3. The number of Topliss-reactive ketones (excluding diaryl/α,β-unsaturated/α-hetero) is 1. The van der Waals surface area contributed by atoms with Crippen molar-refractivity contribution in [1.82, 2.24) is 14.3 Å². The van der Waals surface area contributed by atoms with Gasteiger partial charge in [0, 0.05) is 12.7 Å². The Bertz CT molecular complexity index is 1610. The number of aromatic nitrogens is 2. The van der Waals surface area contributed by atoms with E-state index < -0.39 is 17.7 Å². The molecule has 0 bridgehead atoms. The summed E-state index contributed by atoms with van der Waals surface area (Å²) in [6.45, 7) is 8.70. The molecule has 1 fully saturated rings. The number of ether oxygens (including phenoxy) is 2. The van der Waals surface area contributed by atoms with Gasteiger partial charge in [-0.3, -0.25) is 9.59 Å². The smallest absolute Gasteiger partial charge is 0.295 e. The molecule has 0 spiro atoms. The Hall–Kier alpha value is -4.59. The highest BCUT2D eigenvalue weighted by molar-refractivity contribution is 6.46. The lowest BCUT2D eigenvalue weighted by Crippen LogP contribution is -2.31. The third kappa shape index (κ3) is 4.81. The predicted molar refractivity (Wildman–Crippen MR) is 153 cm³/mol. The van der Waals surface area contributed by atoms with Gasteiger partial charge in [-0.25, -0.2) is 4.98 Å². The van der Waals surface area contributed by atoms with Crippen molar-refractivity contribution in [2.75, 3.05) is 19.8 Å². The molecule has 8 heteroatoms. The van der Waals surface area contributed by atoms with Gasteiger partial charge in [0.25, 0.3) is 11.7 Å². The van der Waals surface area contributed by atoms with Crippen molar-refractivity contribution in [3.63, 3.8) is 0 Å². The summed E-state index contributed by atoms with van der Waals surface area (Å²) in [6, 6.07) is 18.2. The summed E-state index contributed by atoms with van der Waals surface area (Å²) in [5.41, 5.74) is 4.24. The highest BCUT2D eigenvalue weighted by atomic mass is 16.5. The molecule has 2 aromatic carbocycles. The van der Waals surface area contributed by atoms with Gasteiger partial charge in [-0.2, -0.15) is 0 Å². The number of imidazole rings is 1. The minimum atomic E-state index is -0.830. The van der Waals surface area contributed by atoms with E-state index in [9.17, 15) is 14.7 Å². The largest absolute Gasteiger partial charge is 0.505 e. The molecule has 0 saturated carbocycles. The monoisotopic (exact) mass is 539 g/mol. The van der Waals surface area contributed by atoms with Crippen LogP contribution in [0.4, 0.5) is 0 Å². The van der Waals surface area contributed by atoms with Crippen molar-refractivity contribution >= 4 is 23.1 Å². The van der Waals surface area contributed by atoms with Gasteiger partial charge in [0.2, 0.25) is 0 Å². The van der Waals surface area contributed by atoms with Gasteiger partial charge in [0.05, 0.1) is 30.5 Å². The van der Waals surface area contributed by atoms with Gasteiger partial charge in [0.15, 0.2) is 17.3 Å². The average Bonchev–Trinajstić information content (AvgIpc) is 3.43. The molecule has 0 aliphatic carbocycles. The molecule has 4 aromatic rings. The lowest BCUT2D eigenvalue weighted by Gasteiger charge is -2.26. The zero-order valence-electron chi connectivity index (χ0n) is 23.2. The lowest BCUT2D eigenvalue weighted by atomic mass is 9.95. The fourth-order valence-electron chi connectivity index (χ4n) is 5.26. The van der Waals surface area contributed by atoms with Crippen LogP contribution in [-0.2, 0) is 16.0 Å². The van der Waals surface area contributed by atoms with Gasteiger partial charge in [-0.1, -0.05) is 42.5 Å². The van der Waals surface area contributed by atoms with Crippen LogP contribution in [0.5, 0.6) is 11.5 Å². The Morgan fingerprint density at radius 1 is 0.950 bits per heavy atom. The molecule has 1 atom stereocenters. The first kappa shape index (κ1) is 27.0. The molecule has 1 aliphatic heterocycles. The standard InChI is InChI=1S/C32H33N3O5/c1-5-39-24-15-14-23(19-25(24)40-6-2)28-26(29(36)27-21(4)34-17-10-11-20(3)31(34)33-27)30(37)32(38)35(28)18-16-22-12-8-7-9-13-22/h7-15,17,19,28,36H,5-6,16,18H2,1-4H3. The molecule has 3 heterocycles. The molecule has 1 unspecified atom stereocenters. The SMILES string of the molecule is CCOc1ccc(C2C(=C(O)c3nc4c(C)cccn4c3C)C(=O)C(=O)N2CCc2ccccc2)cc1OCC. The number of ketones is 1. The number of fused-ring (bicyclic) bond motifs is 1. The zero-order chi connectivity index (χ0) is 28.4. The number of rotatable bonds is 9. The van der Waals surface area contributed by atoms with E-state index in [1.165, 1.54) is 4.90 Å². The van der Waals surface area contributed by atoms with E-state index in [4.69, 9.17) is 9.47 Å². The van der Waals surface area contributed by atoms with Crippen molar-refractivity contribution < 1.29 is 24.2 Å². The third-order valence-corrected chi connectivity index (χ3v) is 7.22. The molecular formula is C32H33N3O5. The maximum Gasteiger partial charge on any atom is 0.295 e. The van der Waals surface area contributed by atoms with Crippen LogP contribution in [0.3, 0.4) is 0 Å². The van der Waals surface area contributed by atoms with E-state index in [0.29, 0.717) is 48.0 Å². The number of carbonyl (C=O) groups excluding carboxylic acids is 2. The zero-order valence-corrected chi connectivity index (χ0v) is 23.2. The number of benzene rings is 2. The van der Waals surface area contributed by atoms with Gasteiger partial charge in [-0.15, -0.1) is 0 Å². The molecule has 1 N–H and O–H groups in total. The predicted octanol–water partition coefficient (Wildman–Crippen LogP) is 5.41. The number of aliphatic hydroxyl groups excluding tert-OH is 1. The Labute approximate surface area is 233 Å². The molecule has 1 amide bonds. The quantitative estimate of drug-likeness (QED) is 0.174. The van der Waals surface area contributed by atoms with Crippen LogP contribution in [0.15, 0.2) is 72.4 Å². The molecule has 5 rings (SSSR count). The van der Waals surface area contributed by atoms with E-state index in [0.717, 1.165) is 11.1 Å². The van der Waals surface area contributed by atoms with Crippen molar-refractivity contribution in [3.05, 3.63) is 101 Å². The number of hydrogen-bond acceptors (Lipinski definition) is 6. The number of carbonyl (C=O) groups is 2. The Balaban J connectivity index is 1.67. The summed E-state index contributed by atoms with van der Waals surface area (Å²) < 4.78 is 13.5. The molecule has 2 aromatic heterocycles. The normalized spacial score (nSPS) is 16.6. The maximum atomic E-state index is 13.6. The Kier molecular flexibility index (Phi) is 7.60. The number of amides is 1. The fraction of sp³-hybridized carbons (Fsp3) is 0.281. The number of likely N-dealkylation sites (tertiary alicyclic amines) is 1. The summed E-state index contributed by atoms with van der Waals surface area (Å²) >= 11 is 0. The number of aliphatic hydroxyl groups is 1. The maximum absolute atomic E-state index is 13.6. The molecule has 0 radical (unpaired) electrons. The van der Waals surface area contributed by atoms with Crippen LogP contribution in [0, 0.1) is 13.8 Å². The van der Waals surface area contributed by atoms with Crippen LogP contribution in [-0.4, -0.2) is 50.8 Å². The van der Waals surface area contributed by atoms with E-state index in [1.807, 2.05) is 86.8 Å². The van der Waals surface area contributed by atoms with Gasteiger partial charge in [-0.05, 0) is 69.0 Å². The van der Waals surface area contributed by atoms with Crippen molar-refractivity contribution in [1.29, 1.82) is 0 Å². The molecule has 1 saturated heterocycles. The summed E-state index contributed by atoms with van der Waals surface area (Å²) in [5, 5.41) is 11.7. The minimum absolute atomic E-state index is 0.00818. The Morgan fingerprint density at radius 3 is 2.38 bits per heavy atom. The van der Waals surface area contributed by atoms with Crippen molar-refractivity contribution in [2.45, 2.75) is 40.2 Å². The van der Waals surface area contributed by atoms with Gasteiger partial charge < -0.3 is 23.9 Å². The minimum Gasteiger partial charge on any atom is -0.505 e. The van der Waals surface area contributed by atoms with E-state index >= 15 is 0 Å². The first-order chi connectivity index (χ1) is 19.3.